The van der Waals surface area contributed by atoms with Crippen LogP contribution >= 0.6 is 0 Å². The molecule has 0 aliphatic heterocycles. The van der Waals surface area contributed by atoms with Crippen LogP contribution < -0.4 is 5.73 Å². The molecule has 1 aromatic carbocycles. The zero-order valence-electron chi connectivity index (χ0n) is 10.4. The molecule has 0 saturated heterocycles. The fraction of sp³-hybridized carbons (Fsp3) is 0.286. The predicted octanol–water partition coefficient (Wildman–Crippen LogP) is 2.64. The average Bonchev–Trinajstić information content (AvgIpc) is 2.75. The first-order chi connectivity index (χ1) is 9.02. The van der Waals surface area contributed by atoms with E-state index in [-0.39, 0.29) is 6.54 Å². The number of nitrogens with two attached hydrogens (primary N) is 1. The Labute approximate surface area is 109 Å². The number of hydrogen-bond acceptors (Lipinski definition) is 3. The smallest absolute Gasteiger partial charge is 0.135 e. The Hall–Kier alpha value is -1.72. The first kappa shape index (κ1) is 13.7. The Balaban J connectivity index is 2.36. The summed E-state index contributed by atoms with van der Waals surface area (Å²) >= 11 is 0. The van der Waals surface area contributed by atoms with E-state index in [1.807, 2.05) is 0 Å². The molecule has 0 bridgehead atoms. The Morgan fingerprint density at radius 1 is 1.26 bits per heavy atom. The molecular formula is C14H15F2NO2. The van der Waals surface area contributed by atoms with Gasteiger partial charge in [0.05, 0.1) is 6.26 Å². The van der Waals surface area contributed by atoms with Crippen LogP contribution in [0.4, 0.5) is 8.78 Å². The molecule has 19 heavy (non-hydrogen) atoms. The highest BCUT2D eigenvalue weighted by molar-refractivity contribution is 5.27. The van der Waals surface area contributed by atoms with Crippen LogP contribution in [0.25, 0.3) is 0 Å². The van der Waals surface area contributed by atoms with E-state index in [1.54, 1.807) is 13.0 Å². The zero-order chi connectivity index (χ0) is 14.0. The molecule has 2 rings (SSSR count). The summed E-state index contributed by atoms with van der Waals surface area (Å²) in [4.78, 5) is 0. The number of halogens is 2. The molecule has 1 aromatic heterocycles. The van der Waals surface area contributed by atoms with Crippen LogP contribution in [0.5, 0.6) is 0 Å². The van der Waals surface area contributed by atoms with Crippen molar-refractivity contribution in [1.29, 1.82) is 0 Å². The van der Waals surface area contributed by atoms with Crippen molar-refractivity contribution in [2.24, 2.45) is 5.73 Å². The summed E-state index contributed by atoms with van der Waals surface area (Å²) in [6.45, 7) is 1.83. The molecule has 0 aliphatic carbocycles. The zero-order valence-corrected chi connectivity index (χ0v) is 10.4. The molecule has 0 amide bonds. The van der Waals surface area contributed by atoms with Crippen molar-refractivity contribution in [3.63, 3.8) is 0 Å². The molecular weight excluding hydrogens is 252 g/mol. The van der Waals surface area contributed by atoms with Gasteiger partial charge >= 0.3 is 0 Å². The molecule has 0 spiro atoms. The van der Waals surface area contributed by atoms with Gasteiger partial charge in [0.25, 0.3) is 0 Å². The first-order valence-electron chi connectivity index (χ1n) is 5.91. The summed E-state index contributed by atoms with van der Waals surface area (Å²) in [7, 11) is 0. The minimum atomic E-state index is -1.04. The van der Waals surface area contributed by atoms with Gasteiger partial charge in [-0.3, -0.25) is 0 Å². The first-order valence-corrected chi connectivity index (χ1v) is 5.91. The third-order valence-electron chi connectivity index (χ3n) is 3.12. The standard InChI is InChI=1S/C14H15F2NO2/c1-8-2-3-19-14(8)13(18)12(7-17)9-4-10(15)6-11(16)5-9/h2-6,12-13,18H,7,17H2,1H3. The lowest BCUT2D eigenvalue weighted by Gasteiger charge is -2.21. The van der Waals surface area contributed by atoms with E-state index >= 15 is 0 Å². The van der Waals surface area contributed by atoms with Gasteiger partial charge < -0.3 is 15.3 Å². The quantitative estimate of drug-likeness (QED) is 0.895. The minimum Gasteiger partial charge on any atom is -0.466 e. The van der Waals surface area contributed by atoms with Gasteiger partial charge in [0, 0.05) is 18.5 Å². The van der Waals surface area contributed by atoms with Gasteiger partial charge in [-0.2, -0.15) is 0 Å². The van der Waals surface area contributed by atoms with E-state index in [2.05, 4.69) is 0 Å². The number of furan rings is 1. The number of benzene rings is 1. The Morgan fingerprint density at radius 3 is 2.37 bits per heavy atom. The highest BCUT2D eigenvalue weighted by Crippen LogP contribution is 2.32. The van der Waals surface area contributed by atoms with Crippen LogP contribution in [0.3, 0.4) is 0 Å². The molecule has 2 aromatic rings. The molecule has 2 unspecified atom stereocenters. The van der Waals surface area contributed by atoms with Gasteiger partial charge in [-0.05, 0) is 36.2 Å². The molecule has 0 radical (unpaired) electrons. The number of hydrogen-bond donors (Lipinski definition) is 2. The van der Waals surface area contributed by atoms with Gasteiger partial charge in [0.1, 0.15) is 23.5 Å². The van der Waals surface area contributed by atoms with E-state index in [0.717, 1.165) is 11.6 Å². The topological polar surface area (TPSA) is 59.4 Å². The van der Waals surface area contributed by atoms with E-state index < -0.39 is 23.7 Å². The second kappa shape index (κ2) is 5.50. The Morgan fingerprint density at radius 2 is 1.89 bits per heavy atom. The monoisotopic (exact) mass is 267 g/mol. The predicted molar refractivity (Wildman–Crippen MR) is 66.6 cm³/mol. The average molecular weight is 267 g/mol. The summed E-state index contributed by atoms with van der Waals surface area (Å²) in [6.07, 6.45) is 0.411. The van der Waals surface area contributed by atoms with Crippen molar-refractivity contribution < 1.29 is 18.3 Å². The van der Waals surface area contributed by atoms with E-state index in [4.69, 9.17) is 10.2 Å². The third kappa shape index (κ3) is 2.83. The molecule has 0 fully saturated rings. The molecule has 5 heteroatoms. The van der Waals surface area contributed by atoms with Crippen LogP contribution in [0.2, 0.25) is 0 Å². The van der Waals surface area contributed by atoms with Crippen LogP contribution in [-0.2, 0) is 0 Å². The molecule has 102 valence electrons. The maximum Gasteiger partial charge on any atom is 0.135 e. The van der Waals surface area contributed by atoms with Gasteiger partial charge in [-0.15, -0.1) is 0 Å². The summed E-state index contributed by atoms with van der Waals surface area (Å²) in [5, 5.41) is 10.3. The summed E-state index contributed by atoms with van der Waals surface area (Å²) < 4.78 is 31.6. The number of aryl methyl sites for hydroxylation is 1. The fourth-order valence-corrected chi connectivity index (χ4v) is 2.11. The molecule has 3 nitrogen and oxygen atoms in total. The highest BCUT2D eigenvalue weighted by Gasteiger charge is 2.26. The fourth-order valence-electron chi connectivity index (χ4n) is 2.11. The number of rotatable bonds is 4. The van der Waals surface area contributed by atoms with Gasteiger partial charge in [-0.25, -0.2) is 8.78 Å². The lowest BCUT2D eigenvalue weighted by atomic mass is 9.91. The lowest BCUT2D eigenvalue weighted by Crippen LogP contribution is -2.20. The summed E-state index contributed by atoms with van der Waals surface area (Å²) in [5.41, 5.74) is 6.69. The second-order valence-corrected chi connectivity index (χ2v) is 4.46. The van der Waals surface area contributed by atoms with Crippen molar-refractivity contribution in [2.75, 3.05) is 6.54 Å². The maximum absolute atomic E-state index is 13.2. The van der Waals surface area contributed by atoms with Gasteiger partial charge in [0.15, 0.2) is 0 Å². The van der Waals surface area contributed by atoms with Crippen LogP contribution in [0.15, 0.2) is 34.9 Å². The number of aliphatic hydroxyl groups is 1. The lowest BCUT2D eigenvalue weighted by molar-refractivity contribution is 0.121. The van der Waals surface area contributed by atoms with Crippen molar-refractivity contribution in [1.82, 2.24) is 0 Å². The van der Waals surface area contributed by atoms with Crippen LogP contribution in [0, 0.1) is 18.6 Å². The SMILES string of the molecule is Cc1ccoc1C(O)C(CN)c1cc(F)cc(F)c1. The Bertz CT molecular complexity index is 548. The molecule has 0 saturated carbocycles. The maximum atomic E-state index is 13.2. The second-order valence-electron chi connectivity index (χ2n) is 4.46. The van der Waals surface area contributed by atoms with Crippen molar-refractivity contribution in [3.8, 4) is 0 Å². The van der Waals surface area contributed by atoms with Gasteiger partial charge in [0.2, 0.25) is 0 Å². The largest absolute Gasteiger partial charge is 0.466 e. The number of aliphatic hydroxyl groups excluding tert-OH is 1. The van der Waals surface area contributed by atoms with Crippen molar-refractivity contribution in [2.45, 2.75) is 18.9 Å². The van der Waals surface area contributed by atoms with E-state index in [9.17, 15) is 13.9 Å². The third-order valence-corrected chi connectivity index (χ3v) is 3.12. The van der Waals surface area contributed by atoms with Crippen LogP contribution in [-0.4, -0.2) is 11.7 Å². The van der Waals surface area contributed by atoms with Crippen LogP contribution in [0.1, 0.15) is 28.9 Å². The molecule has 3 N–H and O–H groups in total. The van der Waals surface area contributed by atoms with E-state index in [1.165, 1.54) is 18.4 Å². The van der Waals surface area contributed by atoms with Crippen molar-refractivity contribution >= 4 is 0 Å². The normalized spacial score (nSPS) is 14.4. The highest BCUT2D eigenvalue weighted by atomic mass is 19.1. The molecule has 0 aliphatic rings. The van der Waals surface area contributed by atoms with Gasteiger partial charge in [-0.1, -0.05) is 0 Å². The summed E-state index contributed by atoms with van der Waals surface area (Å²) in [5.74, 6) is -1.66. The minimum absolute atomic E-state index is 0.0458. The summed E-state index contributed by atoms with van der Waals surface area (Å²) in [6, 6.07) is 4.82. The van der Waals surface area contributed by atoms with E-state index in [0.29, 0.717) is 11.3 Å². The molecule has 1 heterocycles. The van der Waals surface area contributed by atoms with Crippen molar-refractivity contribution in [3.05, 3.63) is 59.1 Å². The molecule has 2 atom stereocenters. The Kier molecular flexibility index (Phi) is 3.97.